The summed E-state index contributed by atoms with van der Waals surface area (Å²) in [7, 11) is 0. The number of hydrogen-bond donors (Lipinski definition) is 1. The number of rotatable bonds is 2. The molecule has 1 heterocycles. The summed E-state index contributed by atoms with van der Waals surface area (Å²) in [5.74, 6) is 3.96. The highest BCUT2D eigenvalue weighted by Gasteiger charge is 2.67. The Morgan fingerprint density at radius 2 is 1.85 bits per heavy atom. The van der Waals surface area contributed by atoms with Gasteiger partial charge in [-0.1, -0.05) is 18.2 Å². The molecule has 4 unspecified atom stereocenters. The number of aromatic nitrogens is 1. The van der Waals surface area contributed by atoms with Crippen molar-refractivity contribution in [1.82, 2.24) is 4.98 Å². The Hall–Kier alpha value is -1.57. The number of carbonyl (C=O) groups excluding carboxylic acids is 1. The number of hydrogen-bond acceptors (Lipinski definition) is 1. The van der Waals surface area contributed by atoms with Crippen LogP contribution in [-0.4, -0.2) is 10.8 Å². The van der Waals surface area contributed by atoms with Crippen LogP contribution in [0.3, 0.4) is 0 Å². The number of Topliss-reactive ketones (excluding diaryl/α,β-unsaturated/α-hetero) is 1. The van der Waals surface area contributed by atoms with Crippen LogP contribution in [0.25, 0.3) is 10.9 Å². The van der Waals surface area contributed by atoms with Gasteiger partial charge in [0.15, 0.2) is 5.78 Å². The molecule has 0 spiro atoms. The maximum absolute atomic E-state index is 13.0. The van der Waals surface area contributed by atoms with Gasteiger partial charge in [-0.15, -0.1) is 0 Å². The van der Waals surface area contributed by atoms with Gasteiger partial charge in [-0.3, -0.25) is 4.79 Å². The Morgan fingerprint density at radius 1 is 1.15 bits per heavy atom. The molecule has 2 aromatic rings. The van der Waals surface area contributed by atoms with Gasteiger partial charge in [0, 0.05) is 28.1 Å². The number of ketones is 1. The summed E-state index contributed by atoms with van der Waals surface area (Å²) in [6, 6.07) is 8.21. The fourth-order valence-corrected chi connectivity index (χ4v) is 5.44. The Bertz CT molecular complexity index is 712. The van der Waals surface area contributed by atoms with Crippen molar-refractivity contribution in [1.29, 1.82) is 0 Å². The smallest absolute Gasteiger partial charge is 0.168 e. The summed E-state index contributed by atoms with van der Waals surface area (Å²) < 4.78 is 0. The highest BCUT2D eigenvalue weighted by Crippen LogP contribution is 2.70. The normalized spacial score (nSPS) is 37.4. The number of aryl methyl sites for hydroxylation is 1. The number of fused-ring (bicyclic) bond motifs is 6. The van der Waals surface area contributed by atoms with Crippen molar-refractivity contribution >= 4 is 16.7 Å². The molecule has 2 heteroatoms. The standard InChI is InChI=1S/C18H19NO/c1-9-14(12-4-2-3-5-13(12)19-9)18(20)17-15-10-6-7-11(8-10)16(15)17/h2-5,10-11,15-17,19H,6-8H2,1H3. The molecule has 20 heavy (non-hydrogen) atoms. The van der Waals surface area contributed by atoms with E-state index in [1.807, 2.05) is 19.1 Å². The minimum atomic E-state index is 0.346. The molecule has 0 aliphatic heterocycles. The van der Waals surface area contributed by atoms with Crippen LogP contribution in [0.2, 0.25) is 0 Å². The zero-order chi connectivity index (χ0) is 13.4. The van der Waals surface area contributed by atoms with E-state index in [9.17, 15) is 4.79 Å². The van der Waals surface area contributed by atoms with Gasteiger partial charge < -0.3 is 4.98 Å². The molecule has 102 valence electrons. The van der Waals surface area contributed by atoms with Crippen LogP contribution in [0.15, 0.2) is 24.3 Å². The van der Waals surface area contributed by atoms with Crippen LogP contribution in [0.4, 0.5) is 0 Å². The minimum absolute atomic E-state index is 0.346. The van der Waals surface area contributed by atoms with Gasteiger partial charge in [-0.05, 0) is 55.9 Å². The van der Waals surface area contributed by atoms with Crippen LogP contribution in [0, 0.1) is 36.5 Å². The average molecular weight is 265 g/mol. The van der Waals surface area contributed by atoms with Crippen molar-refractivity contribution < 1.29 is 4.79 Å². The predicted molar refractivity (Wildman–Crippen MR) is 78.7 cm³/mol. The van der Waals surface area contributed by atoms with E-state index in [2.05, 4.69) is 17.1 Å². The number of carbonyl (C=O) groups is 1. The number of aromatic amines is 1. The Labute approximate surface area is 118 Å². The molecule has 3 aliphatic carbocycles. The van der Waals surface area contributed by atoms with Crippen molar-refractivity contribution in [2.75, 3.05) is 0 Å². The molecule has 3 saturated carbocycles. The molecule has 2 nitrogen and oxygen atoms in total. The van der Waals surface area contributed by atoms with Crippen molar-refractivity contribution in [2.24, 2.45) is 29.6 Å². The maximum Gasteiger partial charge on any atom is 0.168 e. The van der Waals surface area contributed by atoms with Crippen LogP contribution in [-0.2, 0) is 0 Å². The fourth-order valence-electron chi connectivity index (χ4n) is 5.44. The third kappa shape index (κ3) is 1.23. The van der Waals surface area contributed by atoms with E-state index in [1.165, 1.54) is 19.3 Å². The van der Waals surface area contributed by atoms with Crippen LogP contribution < -0.4 is 0 Å². The third-order valence-corrected chi connectivity index (χ3v) is 6.18. The second-order valence-electron chi connectivity index (χ2n) is 7.05. The molecule has 2 bridgehead atoms. The van der Waals surface area contributed by atoms with Gasteiger partial charge in [0.05, 0.1) is 0 Å². The van der Waals surface area contributed by atoms with Crippen molar-refractivity contribution in [3.63, 3.8) is 0 Å². The van der Waals surface area contributed by atoms with Crippen molar-refractivity contribution in [2.45, 2.75) is 26.2 Å². The number of H-pyrrole nitrogens is 1. The van der Waals surface area contributed by atoms with Gasteiger partial charge in [0.2, 0.25) is 0 Å². The summed E-state index contributed by atoms with van der Waals surface area (Å²) >= 11 is 0. The SMILES string of the molecule is Cc1[nH]c2ccccc2c1C(=O)C1C2C3CCC(C3)C12. The zero-order valence-electron chi connectivity index (χ0n) is 11.7. The first-order valence-corrected chi connectivity index (χ1v) is 7.87. The molecule has 4 atom stereocenters. The number of benzene rings is 1. The molecular weight excluding hydrogens is 246 g/mol. The molecular formula is C18H19NO. The molecule has 0 radical (unpaired) electrons. The second-order valence-corrected chi connectivity index (χ2v) is 7.05. The van der Waals surface area contributed by atoms with Gasteiger partial charge in [-0.25, -0.2) is 0 Å². The van der Waals surface area contributed by atoms with Gasteiger partial charge in [-0.2, -0.15) is 0 Å². The summed E-state index contributed by atoms with van der Waals surface area (Å²) in [5, 5.41) is 1.12. The molecule has 3 aliphatic rings. The average Bonchev–Trinajstić information content (AvgIpc) is 2.76. The lowest BCUT2D eigenvalue weighted by Gasteiger charge is -2.08. The molecule has 1 aromatic heterocycles. The molecule has 1 aromatic carbocycles. The largest absolute Gasteiger partial charge is 0.358 e. The number of nitrogens with one attached hydrogen (secondary N) is 1. The summed E-state index contributed by atoms with van der Waals surface area (Å²) in [5.41, 5.74) is 3.12. The van der Waals surface area contributed by atoms with Crippen molar-refractivity contribution in [3.05, 3.63) is 35.5 Å². The first kappa shape index (κ1) is 11.1. The molecule has 0 saturated heterocycles. The maximum atomic E-state index is 13.0. The minimum Gasteiger partial charge on any atom is -0.358 e. The fraction of sp³-hybridized carbons (Fsp3) is 0.500. The van der Waals surface area contributed by atoms with E-state index < -0.39 is 0 Å². The lowest BCUT2D eigenvalue weighted by atomic mass is 9.95. The molecule has 1 N–H and O–H groups in total. The summed E-state index contributed by atoms with van der Waals surface area (Å²) in [6.07, 6.45) is 4.16. The van der Waals surface area contributed by atoms with E-state index in [-0.39, 0.29) is 0 Å². The zero-order valence-corrected chi connectivity index (χ0v) is 11.7. The van der Waals surface area contributed by atoms with Crippen LogP contribution in [0.5, 0.6) is 0 Å². The summed E-state index contributed by atoms with van der Waals surface area (Å²) in [4.78, 5) is 16.4. The van der Waals surface area contributed by atoms with E-state index in [1.54, 1.807) is 0 Å². The third-order valence-electron chi connectivity index (χ3n) is 6.18. The highest BCUT2D eigenvalue weighted by molar-refractivity contribution is 6.11. The van der Waals surface area contributed by atoms with E-state index >= 15 is 0 Å². The van der Waals surface area contributed by atoms with E-state index in [4.69, 9.17) is 0 Å². The van der Waals surface area contributed by atoms with Crippen LogP contribution >= 0.6 is 0 Å². The Morgan fingerprint density at radius 3 is 2.60 bits per heavy atom. The van der Waals surface area contributed by atoms with Gasteiger partial charge >= 0.3 is 0 Å². The van der Waals surface area contributed by atoms with E-state index in [0.717, 1.165) is 45.8 Å². The summed E-state index contributed by atoms with van der Waals surface area (Å²) in [6.45, 7) is 2.04. The van der Waals surface area contributed by atoms with Crippen LogP contribution in [0.1, 0.15) is 35.3 Å². The lowest BCUT2D eigenvalue weighted by molar-refractivity contribution is 0.0945. The van der Waals surface area contributed by atoms with E-state index in [0.29, 0.717) is 11.7 Å². The van der Waals surface area contributed by atoms with Gasteiger partial charge in [0.25, 0.3) is 0 Å². The second kappa shape index (κ2) is 3.55. The first-order valence-electron chi connectivity index (χ1n) is 7.87. The topological polar surface area (TPSA) is 32.9 Å². The number of para-hydroxylation sites is 1. The predicted octanol–water partition coefficient (Wildman–Crippen LogP) is 3.95. The Kier molecular flexibility index (Phi) is 1.97. The molecule has 3 fully saturated rings. The van der Waals surface area contributed by atoms with Crippen molar-refractivity contribution in [3.8, 4) is 0 Å². The quantitative estimate of drug-likeness (QED) is 0.819. The lowest BCUT2D eigenvalue weighted by Crippen LogP contribution is -2.10. The molecule has 0 amide bonds. The molecule has 5 rings (SSSR count). The van der Waals surface area contributed by atoms with Gasteiger partial charge in [0.1, 0.15) is 0 Å². The highest BCUT2D eigenvalue weighted by atomic mass is 16.1. The monoisotopic (exact) mass is 265 g/mol. The Balaban J connectivity index is 1.57. The first-order chi connectivity index (χ1) is 9.75.